The predicted molar refractivity (Wildman–Crippen MR) is 109 cm³/mol. The first-order valence-corrected chi connectivity index (χ1v) is 11.1. The van der Waals surface area contributed by atoms with Gasteiger partial charge in [0, 0.05) is 0 Å². The zero-order valence-corrected chi connectivity index (χ0v) is 17.5. The van der Waals surface area contributed by atoms with Gasteiger partial charge in [0.15, 0.2) is 0 Å². The van der Waals surface area contributed by atoms with E-state index in [1.54, 1.807) is 13.0 Å². The van der Waals surface area contributed by atoms with Gasteiger partial charge in [-0.1, -0.05) is 97.3 Å². The van der Waals surface area contributed by atoms with Gasteiger partial charge >= 0.3 is 0 Å². The standard InChI is InChI=1S/C21H38O3S/c1-6-8-9-10-11-12-13-14-15-17-21(4,5)18-16-19(3)20(7-2)25(22,23)24/h7,16,18H,2,6,8-15,17H2,1,3-5H3,(H,22,23,24)/b18-16-,20-19+. The van der Waals surface area contributed by atoms with Gasteiger partial charge in [-0.2, -0.15) is 8.42 Å². The van der Waals surface area contributed by atoms with Crippen molar-refractivity contribution >= 4 is 10.1 Å². The number of allylic oxidation sites excluding steroid dienone is 4. The van der Waals surface area contributed by atoms with Gasteiger partial charge < -0.3 is 0 Å². The van der Waals surface area contributed by atoms with Crippen molar-refractivity contribution in [1.29, 1.82) is 0 Å². The predicted octanol–water partition coefficient (Wildman–Crippen LogP) is 6.84. The molecule has 0 amide bonds. The first kappa shape index (κ1) is 24.1. The molecule has 0 spiro atoms. The Kier molecular flexibility index (Phi) is 12.0. The molecule has 0 aromatic heterocycles. The molecule has 0 aromatic rings. The van der Waals surface area contributed by atoms with E-state index in [2.05, 4.69) is 27.4 Å². The molecule has 0 saturated carbocycles. The summed E-state index contributed by atoms with van der Waals surface area (Å²) < 4.78 is 31.7. The molecule has 146 valence electrons. The van der Waals surface area contributed by atoms with Crippen LogP contribution in [0.4, 0.5) is 0 Å². The highest BCUT2D eigenvalue weighted by Gasteiger charge is 2.15. The summed E-state index contributed by atoms with van der Waals surface area (Å²) >= 11 is 0. The fraction of sp³-hybridized carbons (Fsp3) is 0.714. The zero-order valence-electron chi connectivity index (χ0n) is 16.7. The first-order valence-electron chi connectivity index (χ1n) is 9.64. The van der Waals surface area contributed by atoms with Crippen molar-refractivity contribution in [2.75, 3.05) is 0 Å². The molecule has 0 saturated heterocycles. The number of unbranched alkanes of at least 4 members (excludes halogenated alkanes) is 8. The molecule has 0 radical (unpaired) electrons. The molecule has 25 heavy (non-hydrogen) atoms. The van der Waals surface area contributed by atoms with E-state index >= 15 is 0 Å². The van der Waals surface area contributed by atoms with Crippen LogP contribution in [0, 0.1) is 5.41 Å². The summed E-state index contributed by atoms with van der Waals surface area (Å²) in [7, 11) is -4.21. The third-order valence-electron chi connectivity index (χ3n) is 4.56. The van der Waals surface area contributed by atoms with Crippen LogP contribution in [0.25, 0.3) is 0 Å². The second-order valence-electron chi connectivity index (χ2n) is 7.63. The smallest absolute Gasteiger partial charge is 0.282 e. The SMILES string of the molecule is C=C/C(=C(C)\C=C/C(C)(C)CCCCCCCCCCC)S(=O)(=O)O. The second kappa shape index (κ2) is 12.5. The molecular weight excluding hydrogens is 332 g/mol. The third-order valence-corrected chi connectivity index (χ3v) is 5.61. The van der Waals surface area contributed by atoms with Crippen molar-refractivity contribution in [3.05, 3.63) is 35.3 Å². The number of hydrogen-bond donors (Lipinski definition) is 1. The van der Waals surface area contributed by atoms with E-state index in [4.69, 9.17) is 0 Å². The molecule has 0 aliphatic heterocycles. The highest BCUT2D eigenvalue weighted by molar-refractivity contribution is 7.90. The average Bonchev–Trinajstić information content (AvgIpc) is 2.51. The van der Waals surface area contributed by atoms with Gasteiger partial charge in [-0.15, -0.1) is 0 Å². The summed E-state index contributed by atoms with van der Waals surface area (Å²) in [4.78, 5) is -0.123. The van der Waals surface area contributed by atoms with Crippen LogP contribution in [0.5, 0.6) is 0 Å². The molecule has 1 N–H and O–H groups in total. The maximum absolute atomic E-state index is 11.3. The molecule has 0 aliphatic rings. The van der Waals surface area contributed by atoms with Gasteiger partial charge in [0.25, 0.3) is 10.1 Å². The molecule has 3 nitrogen and oxygen atoms in total. The van der Waals surface area contributed by atoms with Crippen LogP contribution in [0.2, 0.25) is 0 Å². The molecule has 0 atom stereocenters. The van der Waals surface area contributed by atoms with Crippen LogP contribution in [0.3, 0.4) is 0 Å². The largest absolute Gasteiger partial charge is 0.294 e. The van der Waals surface area contributed by atoms with Crippen LogP contribution in [0.1, 0.15) is 91.9 Å². The van der Waals surface area contributed by atoms with E-state index in [1.165, 1.54) is 63.9 Å². The normalized spacial score (nSPS) is 14.0. The molecule has 0 aliphatic carbocycles. The summed E-state index contributed by atoms with van der Waals surface area (Å²) in [6, 6.07) is 0. The topological polar surface area (TPSA) is 54.4 Å². The van der Waals surface area contributed by atoms with Gasteiger partial charge in [-0.25, -0.2) is 0 Å². The summed E-state index contributed by atoms with van der Waals surface area (Å²) in [5, 5.41) is 0. The Hall–Kier alpha value is -0.870. The van der Waals surface area contributed by atoms with Crippen molar-refractivity contribution in [3.8, 4) is 0 Å². The maximum atomic E-state index is 11.3. The van der Waals surface area contributed by atoms with Gasteiger partial charge in [-0.05, 0) is 30.4 Å². The fourth-order valence-electron chi connectivity index (χ4n) is 2.88. The van der Waals surface area contributed by atoms with E-state index in [-0.39, 0.29) is 10.3 Å². The molecule has 0 fully saturated rings. The molecule has 0 heterocycles. The minimum atomic E-state index is -4.21. The molecule has 0 rings (SSSR count). The fourth-order valence-corrected chi connectivity index (χ4v) is 3.56. The Bertz CT molecular complexity index is 539. The Morgan fingerprint density at radius 3 is 1.92 bits per heavy atom. The quantitative estimate of drug-likeness (QED) is 0.207. The first-order chi connectivity index (χ1) is 11.6. The van der Waals surface area contributed by atoms with E-state index in [9.17, 15) is 13.0 Å². The number of rotatable bonds is 14. The molecule has 0 bridgehead atoms. The van der Waals surface area contributed by atoms with E-state index in [0.717, 1.165) is 6.42 Å². The van der Waals surface area contributed by atoms with Crippen molar-refractivity contribution in [2.45, 2.75) is 91.9 Å². The lowest BCUT2D eigenvalue weighted by Crippen LogP contribution is -2.07. The zero-order chi connectivity index (χ0) is 19.3. The summed E-state index contributed by atoms with van der Waals surface area (Å²) in [5.41, 5.74) is 0.520. The van der Waals surface area contributed by atoms with Crippen LogP contribution in [-0.4, -0.2) is 13.0 Å². The van der Waals surface area contributed by atoms with E-state index in [0.29, 0.717) is 5.57 Å². The third kappa shape index (κ3) is 12.2. The van der Waals surface area contributed by atoms with Crippen molar-refractivity contribution in [2.24, 2.45) is 5.41 Å². The lowest BCUT2D eigenvalue weighted by molar-refractivity contribution is 0.407. The van der Waals surface area contributed by atoms with Crippen LogP contribution in [0.15, 0.2) is 35.3 Å². The average molecular weight is 371 g/mol. The van der Waals surface area contributed by atoms with Gasteiger partial charge in [0.05, 0.1) is 4.91 Å². The van der Waals surface area contributed by atoms with Crippen molar-refractivity contribution in [1.82, 2.24) is 0 Å². The van der Waals surface area contributed by atoms with Crippen LogP contribution in [-0.2, 0) is 10.1 Å². The summed E-state index contributed by atoms with van der Waals surface area (Å²) in [6.45, 7) is 11.7. The highest BCUT2D eigenvalue weighted by atomic mass is 32.2. The van der Waals surface area contributed by atoms with Gasteiger partial charge in [-0.3, -0.25) is 4.55 Å². The minimum Gasteiger partial charge on any atom is -0.282 e. The molecule has 4 heteroatoms. The van der Waals surface area contributed by atoms with Crippen molar-refractivity contribution in [3.63, 3.8) is 0 Å². The molecular formula is C21H38O3S. The van der Waals surface area contributed by atoms with Crippen LogP contribution < -0.4 is 0 Å². The van der Waals surface area contributed by atoms with Crippen LogP contribution >= 0.6 is 0 Å². The van der Waals surface area contributed by atoms with E-state index < -0.39 is 10.1 Å². The second-order valence-corrected chi connectivity index (χ2v) is 9.02. The monoisotopic (exact) mass is 370 g/mol. The lowest BCUT2D eigenvalue weighted by Gasteiger charge is -2.20. The van der Waals surface area contributed by atoms with Crippen molar-refractivity contribution < 1.29 is 13.0 Å². The Balaban J connectivity index is 4.24. The minimum absolute atomic E-state index is 0.00782. The number of hydrogen-bond acceptors (Lipinski definition) is 2. The maximum Gasteiger partial charge on any atom is 0.294 e. The highest BCUT2D eigenvalue weighted by Crippen LogP contribution is 2.27. The summed E-state index contributed by atoms with van der Waals surface area (Å²) in [5.74, 6) is 0. The summed E-state index contributed by atoms with van der Waals surface area (Å²) in [6.07, 6.45) is 17.9. The van der Waals surface area contributed by atoms with Gasteiger partial charge in [0.2, 0.25) is 0 Å². The van der Waals surface area contributed by atoms with Gasteiger partial charge in [0.1, 0.15) is 0 Å². The Morgan fingerprint density at radius 2 is 1.48 bits per heavy atom. The Labute approximate surface area is 156 Å². The molecule has 0 unspecified atom stereocenters. The van der Waals surface area contributed by atoms with E-state index in [1.807, 2.05) is 6.08 Å². The lowest BCUT2D eigenvalue weighted by atomic mass is 9.86. The Morgan fingerprint density at radius 1 is 1.00 bits per heavy atom. The molecule has 0 aromatic carbocycles.